The Morgan fingerprint density at radius 1 is 1.15 bits per heavy atom. The summed E-state index contributed by atoms with van der Waals surface area (Å²) in [5, 5.41) is 0. The molecule has 3 nitrogen and oxygen atoms in total. The summed E-state index contributed by atoms with van der Waals surface area (Å²) in [4.78, 5) is 0. The van der Waals surface area contributed by atoms with Crippen molar-refractivity contribution in [3.05, 3.63) is 0 Å². The Kier molecular flexibility index (Phi) is 19.4. The highest BCUT2D eigenvalue weighted by molar-refractivity contribution is 6.17. The van der Waals surface area contributed by atoms with E-state index in [1.54, 1.807) is 0 Å². The second kappa shape index (κ2) is 15.4. The maximum Gasteiger partial charge on any atom is 0.668 e. The molecule has 0 spiro atoms. The third-order valence-corrected chi connectivity index (χ3v) is 3.19. The van der Waals surface area contributed by atoms with Gasteiger partial charge in [-0.05, 0) is 27.2 Å². The Bertz CT molecular complexity index is 75.8. The van der Waals surface area contributed by atoms with Crippen molar-refractivity contribution in [2.45, 2.75) is 40.2 Å². The molecule has 0 saturated heterocycles. The van der Waals surface area contributed by atoms with Crippen LogP contribution in [0, 0.1) is 0 Å². The first-order valence-corrected chi connectivity index (χ1v) is 6.56. The lowest BCUT2D eigenvalue weighted by Crippen LogP contribution is -2.02. The largest absolute Gasteiger partial charge is 0.668 e. The van der Waals surface area contributed by atoms with Crippen LogP contribution in [0.25, 0.3) is 0 Å². The predicted octanol–water partition coefficient (Wildman–Crippen LogP) is 0.943. The van der Waals surface area contributed by atoms with Crippen LogP contribution in [-0.4, -0.2) is 51.8 Å². The van der Waals surface area contributed by atoms with Crippen molar-refractivity contribution in [1.82, 2.24) is 0 Å². The van der Waals surface area contributed by atoms with Gasteiger partial charge in [0.15, 0.2) is 0 Å². The van der Waals surface area contributed by atoms with E-state index in [0.717, 1.165) is 36.3 Å². The van der Waals surface area contributed by atoms with Crippen molar-refractivity contribution < 1.29 is 11.4 Å². The van der Waals surface area contributed by atoms with E-state index >= 15 is 0 Å². The summed E-state index contributed by atoms with van der Waals surface area (Å²) in [6.45, 7) is 9.69. The Balaban J connectivity index is 0. The van der Waals surface area contributed by atoms with Gasteiger partial charge in [-0.25, -0.2) is 0 Å². The normalized spacial score (nSPS) is 11.4. The van der Waals surface area contributed by atoms with Gasteiger partial charge in [-0.15, -0.1) is 0 Å². The SMILES string of the molecule is CCC(C)[O][AlH2].CC[O][Al][O]CC. The molecule has 0 N–H and O–H groups in total. The minimum absolute atomic E-state index is 0.178. The monoisotopic (exact) mass is 219 g/mol. The van der Waals surface area contributed by atoms with E-state index in [9.17, 15) is 0 Å². The van der Waals surface area contributed by atoms with Crippen molar-refractivity contribution in [1.29, 1.82) is 0 Å². The molecule has 1 atom stereocenters. The highest BCUT2D eigenvalue weighted by Gasteiger charge is 1.89. The maximum atomic E-state index is 5.04. The van der Waals surface area contributed by atoms with E-state index in [0.29, 0.717) is 6.10 Å². The molecular weight excluding hydrogens is 198 g/mol. The molecule has 0 aromatic heterocycles. The third kappa shape index (κ3) is 19.4. The van der Waals surface area contributed by atoms with Gasteiger partial charge in [-0.1, -0.05) is 6.92 Å². The van der Waals surface area contributed by atoms with E-state index in [-0.39, 0.29) is 15.9 Å². The van der Waals surface area contributed by atoms with Crippen LogP contribution >= 0.6 is 0 Å². The molecule has 0 amide bonds. The summed E-state index contributed by atoms with van der Waals surface area (Å²) >= 11 is 0.704. The second-order valence-electron chi connectivity index (χ2n) is 2.46. The number of rotatable bonds is 6. The smallest absolute Gasteiger partial charge is 0.504 e. The fourth-order valence-electron chi connectivity index (χ4n) is 0.351. The Hall–Kier alpha value is 0.945. The average Bonchev–Trinajstić information content (AvgIpc) is 2.18. The van der Waals surface area contributed by atoms with Crippen LogP contribution in [0.5, 0.6) is 0 Å². The van der Waals surface area contributed by atoms with Gasteiger partial charge in [0.05, 0.1) is 0 Å². The van der Waals surface area contributed by atoms with Gasteiger partial charge >= 0.3 is 32.5 Å². The topological polar surface area (TPSA) is 27.7 Å². The molecule has 13 heavy (non-hydrogen) atoms. The molecule has 0 rings (SSSR count). The minimum Gasteiger partial charge on any atom is -0.504 e. The molecule has 0 aromatic rings. The third-order valence-electron chi connectivity index (χ3n) is 1.45. The Morgan fingerprint density at radius 2 is 1.62 bits per heavy atom. The molecule has 0 aromatic carbocycles. The highest BCUT2D eigenvalue weighted by Crippen LogP contribution is 1.89. The van der Waals surface area contributed by atoms with Crippen molar-refractivity contribution in [3.63, 3.8) is 0 Å². The lowest BCUT2D eigenvalue weighted by atomic mass is 10.3. The van der Waals surface area contributed by atoms with Crippen molar-refractivity contribution in [3.8, 4) is 0 Å². The fraction of sp³-hybridized carbons (Fsp3) is 1.00. The summed E-state index contributed by atoms with van der Waals surface area (Å²) in [6.07, 6.45) is 1.64. The second-order valence-corrected chi connectivity index (χ2v) is 3.79. The van der Waals surface area contributed by atoms with E-state index < -0.39 is 0 Å². The Morgan fingerprint density at radius 3 is 1.77 bits per heavy atom. The molecule has 0 bridgehead atoms. The predicted molar refractivity (Wildman–Crippen MR) is 58.4 cm³/mol. The van der Waals surface area contributed by atoms with Gasteiger partial charge in [0.25, 0.3) is 0 Å². The molecule has 5 heteroatoms. The molecule has 1 unspecified atom stereocenters. The zero-order chi connectivity index (χ0) is 10.5. The van der Waals surface area contributed by atoms with E-state index in [4.69, 9.17) is 11.4 Å². The molecule has 1 radical (unpaired) electrons. The molecule has 77 valence electrons. The summed E-state index contributed by atoms with van der Waals surface area (Å²) in [5.74, 6) is 0. The lowest BCUT2D eigenvalue weighted by Gasteiger charge is -2.04. The summed E-state index contributed by atoms with van der Waals surface area (Å²) < 4.78 is 14.9. The van der Waals surface area contributed by atoms with Crippen LogP contribution < -0.4 is 0 Å². The van der Waals surface area contributed by atoms with Gasteiger partial charge in [-0.3, -0.25) is 0 Å². The van der Waals surface area contributed by atoms with Crippen LogP contribution in [0.3, 0.4) is 0 Å². The van der Waals surface area contributed by atoms with Crippen LogP contribution in [0.15, 0.2) is 0 Å². The van der Waals surface area contributed by atoms with Crippen LogP contribution in [0.2, 0.25) is 0 Å². The van der Waals surface area contributed by atoms with Gasteiger partial charge in [0.1, 0.15) is 0 Å². The quantitative estimate of drug-likeness (QED) is 0.491. The summed E-state index contributed by atoms with van der Waals surface area (Å²) in [5.41, 5.74) is 0. The van der Waals surface area contributed by atoms with Gasteiger partial charge < -0.3 is 11.4 Å². The molecule has 0 aliphatic rings. The van der Waals surface area contributed by atoms with Crippen LogP contribution in [0.4, 0.5) is 0 Å². The molecule has 0 fully saturated rings. The molecule has 0 aliphatic carbocycles. The highest BCUT2D eigenvalue weighted by atomic mass is 27.2. The van der Waals surface area contributed by atoms with Crippen LogP contribution in [0.1, 0.15) is 34.1 Å². The first kappa shape index (κ1) is 16.4. The van der Waals surface area contributed by atoms with Gasteiger partial charge in [0.2, 0.25) is 0 Å². The van der Waals surface area contributed by atoms with E-state index in [1.165, 1.54) is 0 Å². The van der Waals surface area contributed by atoms with Crippen molar-refractivity contribution in [2.75, 3.05) is 13.2 Å². The zero-order valence-corrected chi connectivity index (χ0v) is 12.7. The van der Waals surface area contributed by atoms with E-state index in [2.05, 4.69) is 13.8 Å². The molecule has 0 aliphatic heterocycles. The van der Waals surface area contributed by atoms with Crippen molar-refractivity contribution in [2.24, 2.45) is 0 Å². The number of hydrogen-bond donors (Lipinski definition) is 0. The Labute approximate surface area is 97.3 Å². The zero-order valence-electron chi connectivity index (χ0n) is 9.50. The van der Waals surface area contributed by atoms with Crippen LogP contribution in [-0.2, 0) is 11.4 Å². The van der Waals surface area contributed by atoms with Gasteiger partial charge in [0, 0.05) is 19.3 Å². The first-order chi connectivity index (χ1) is 6.22. The average molecular weight is 219 g/mol. The standard InChI is InChI=1S/C4H9O.2C2H5O.2Al.2H/c1-3-4(2)5;2*1-2-3;;;;/h4H,3H2,1-2H3;2*2H2,1H3;;;;/q3*-1;+1;+2;;. The minimum atomic E-state index is -0.178. The summed E-state index contributed by atoms with van der Waals surface area (Å²) in [6, 6.07) is 0. The van der Waals surface area contributed by atoms with Gasteiger partial charge in [-0.2, -0.15) is 0 Å². The molecule has 0 heterocycles. The lowest BCUT2D eigenvalue weighted by molar-refractivity contribution is 0.239. The molecular formula is C8H21Al2O3. The number of hydrogen-bond acceptors (Lipinski definition) is 3. The fourth-order valence-corrected chi connectivity index (χ4v) is 1.05. The summed E-state index contributed by atoms with van der Waals surface area (Å²) in [7, 11) is 0. The first-order valence-electron chi connectivity index (χ1n) is 4.80. The van der Waals surface area contributed by atoms with Crippen molar-refractivity contribution >= 4 is 32.5 Å². The molecule has 0 saturated carbocycles. The van der Waals surface area contributed by atoms with E-state index in [1.807, 2.05) is 13.8 Å². The maximum absolute atomic E-state index is 5.04.